The summed E-state index contributed by atoms with van der Waals surface area (Å²) in [5.74, 6) is 0.532. The van der Waals surface area contributed by atoms with E-state index in [0.717, 1.165) is 5.56 Å². The molecule has 0 fully saturated rings. The number of halogens is 1. The Morgan fingerprint density at radius 3 is 2.33 bits per heavy atom. The summed E-state index contributed by atoms with van der Waals surface area (Å²) in [6.45, 7) is 2.41. The van der Waals surface area contributed by atoms with Gasteiger partial charge in [-0.3, -0.25) is 4.79 Å². The van der Waals surface area contributed by atoms with Gasteiger partial charge in [-0.15, -0.1) is 0 Å². The van der Waals surface area contributed by atoms with Gasteiger partial charge in [-0.1, -0.05) is 41.9 Å². The monoisotopic (exact) mass is 488 g/mol. The molecule has 33 heavy (non-hydrogen) atoms. The van der Waals surface area contributed by atoms with Gasteiger partial charge in [0.1, 0.15) is 17.5 Å². The molecule has 0 aliphatic carbocycles. The second-order valence-electron chi connectivity index (χ2n) is 7.11. The number of ether oxygens (including phenoxy) is 2. The number of nitrogens with one attached hydrogen (secondary N) is 2. The Morgan fingerprint density at radius 1 is 1.03 bits per heavy atom. The molecule has 3 rings (SSSR count). The maximum absolute atomic E-state index is 13.1. The van der Waals surface area contributed by atoms with Gasteiger partial charge >= 0.3 is 0 Å². The molecule has 3 aromatic carbocycles. The SMILES string of the molecule is CCOc1ccc(NC(=O)C(Cc2ccccc2)NS(=O)(=O)c2ccc(OC)c(Cl)c2)cc1. The number of benzene rings is 3. The highest BCUT2D eigenvalue weighted by molar-refractivity contribution is 7.89. The number of amides is 1. The first-order valence-electron chi connectivity index (χ1n) is 10.3. The van der Waals surface area contributed by atoms with Crippen LogP contribution in [0.15, 0.2) is 77.7 Å². The van der Waals surface area contributed by atoms with Crippen LogP contribution in [0.3, 0.4) is 0 Å². The lowest BCUT2D eigenvalue weighted by molar-refractivity contribution is -0.117. The van der Waals surface area contributed by atoms with Crippen LogP contribution in [-0.2, 0) is 21.2 Å². The normalized spacial score (nSPS) is 12.1. The number of hydrogen-bond donors (Lipinski definition) is 2. The maximum atomic E-state index is 13.1. The van der Waals surface area contributed by atoms with Gasteiger partial charge < -0.3 is 14.8 Å². The molecule has 0 saturated heterocycles. The summed E-state index contributed by atoms with van der Waals surface area (Å²) in [5.41, 5.74) is 1.33. The second-order valence-corrected chi connectivity index (χ2v) is 9.23. The molecule has 0 aliphatic heterocycles. The number of rotatable bonds is 10. The topological polar surface area (TPSA) is 93.7 Å². The lowest BCUT2D eigenvalue weighted by Crippen LogP contribution is -2.45. The largest absolute Gasteiger partial charge is 0.495 e. The lowest BCUT2D eigenvalue weighted by Gasteiger charge is -2.19. The predicted molar refractivity (Wildman–Crippen MR) is 129 cm³/mol. The fraction of sp³-hybridized carbons (Fsp3) is 0.208. The summed E-state index contributed by atoms with van der Waals surface area (Å²) in [4.78, 5) is 13.0. The Hall–Kier alpha value is -3.07. The molecule has 0 radical (unpaired) electrons. The molecule has 1 atom stereocenters. The van der Waals surface area contributed by atoms with Crippen molar-refractivity contribution in [2.75, 3.05) is 19.0 Å². The Balaban J connectivity index is 1.84. The number of sulfonamides is 1. The summed E-state index contributed by atoms with van der Waals surface area (Å²) in [6.07, 6.45) is 0.160. The number of hydrogen-bond acceptors (Lipinski definition) is 5. The van der Waals surface area contributed by atoms with E-state index in [1.165, 1.54) is 25.3 Å². The van der Waals surface area contributed by atoms with Crippen LogP contribution in [0.2, 0.25) is 5.02 Å². The summed E-state index contributed by atoms with van der Waals surface area (Å²) in [6, 6.07) is 19.1. The van der Waals surface area contributed by atoms with Crippen molar-refractivity contribution in [3.63, 3.8) is 0 Å². The van der Waals surface area contributed by atoms with Crippen LogP contribution in [0.1, 0.15) is 12.5 Å². The average Bonchev–Trinajstić information content (AvgIpc) is 2.80. The Labute approximate surface area is 198 Å². The van der Waals surface area contributed by atoms with Gasteiger partial charge in [0.25, 0.3) is 0 Å². The van der Waals surface area contributed by atoms with E-state index in [9.17, 15) is 13.2 Å². The zero-order valence-corrected chi connectivity index (χ0v) is 19.8. The van der Waals surface area contributed by atoms with Gasteiger partial charge in [-0.25, -0.2) is 8.42 Å². The molecule has 0 heterocycles. The van der Waals surface area contributed by atoms with Crippen LogP contribution >= 0.6 is 11.6 Å². The lowest BCUT2D eigenvalue weighted by atomic mass is 10.1. The fourth-order valence-corrected chi connectivity index (χ4v) is 4.68. The molecule has 0 spiro atoms. The standard InChI is InChI=1S/C24H25ClN2O5S/c1-3-32-19-11-9-18(10-12-19)26-24(28)22(15-17-7-5-4-6-8-17)27-33(29,30)20-13-14-23(31-2)21(25)16-20/h4-14,16,22,27H,3,15H2,1-2H3,(H,26,28). The van der Waals surface area contributed by atoms with Crippen molar-refractivity contribution >= 4 is 33.2 Å². The highest BCUT2D eigenvalue weighted by atomic mass is 35.5. The molecule has 0 saturated carbocycles. The third kappa shape index (κ3) is 6.71. The van der Waals surface area contributed by atoms with E-state index in [1.54, 1.807) is 24.3 Å². The van der Waals surface area contributed by atoms with E-state index in [0.29, 0.717) is 23.8 Å². The smallest absolute Gasteiger partial charge is 0.242 e. The van der Waals surface area contributed by atoms with E-state index in [1.807, 2.05) is 37.3 Å². The summed E-state index contributed by atoms with van der Waals surface area (Å²) >= 11 is 6.10. The van der Waals surface area contributed by atoms with Crippen molar-refractivity contribution in [2.45, 2.75) is 24.3 Å². The molecule has 1 unspecified atom stereocenters. The molecule has 9 heteroatoms. The zero-order valence-electron chi connectivity index (χ0n) is 18.2. The first kappa shape index (κ1) is 24.6. The minimum Gasteiger partial charge on any atom is -0.495 e. The third-order valence-corrected chi connectivity index (χ3v) is 6.53. The molecular weight excluding hydrogens is 464 g/mol. The van der Waals surface area contributed by atoms with Crippen LogP contribution in [0.5, 0.6) is 11.5 Å². The van der Waals surface area contributed by atoms with Crippen molar-refractivity contribution in [1.82, 2.24) is 4.72 Å². The van der Waals surface area contributed by atoms with Gasteiger partial charge in [0.05, 0.1) is 23.6 Å². The zero-order chi connectivity index (χ0) is 23.8. The van der Waals surface area contributed by atoms with Gasteiger partial charge in [-0.05, 0) is 61.4 Å². The summed E-state index contributed by atoms with van der Waals surface area (Å²) in [7, 11) is -2.61. The first-order chi connectivity index (χ1) is 15.8. The predicted octanol–water partition coefficient (Wildman–Crippen LogP) is 4.28. The highest BCUT2D eigenvalue weighted by Gasteiger charge is 2.27. The van der Waals surface area contributed by atoms with Crippen molar-refractivity contribution in [3.05, 3.63) is 83.4 Å². The molecule has 2 N–H and O–H groups in total. The summed E-state index contributed by atoms with van der Waals surface area (Å²) < 4.78 is 39.1. The minimum atomic E-state index is -4.05. The molecule has 0 aliphatic rings. The second kappa shape index (κ2) is 11.2. The van der Waals surface area contributed by atoms with Gasteiger partial charge in [0, 0.05) is 5.69 Å². The first-order valence-corrected chi connectivity index (χ1v) is 12.1. The molecule has 174 valence electrons. The van der Waals surface area contributed by atoms with Crippen LogP contribution < -0.4 is 19.5 Å². The average molecular weight is 489 g/mol. The van der Waals surface area contributed by atoms with Crippen LogP contribution in [0.4, 0.5) is 5.69 Å². The van der Waals surface area contributed by atoms with Gasteiger partial charge in [0.2, 0.25) is 15.9 Å². The summed E-state index contributed by atoms with van der Waals surface area (Å²) in [5, 5.41) is 2.92. The molecule has 1 amide bonds. The van der Waals surface area contributed by atoms with E-state index < -0.39 is 22.0 Å². The van der Waals surface area contributed by atoms with Crippen molar-refractivity contribution in [1.29, 1.82) is 0 Å². The number of anilines is 1. The Kier molecular flexibility index (Phi) is 8.32. The quantitative estimate of drug-likeness (QED) is 0.444. The van der Waals surface area contributed by atoms with Crippen molar-refractivity contribution < 1.29 is 22.7 Å². The molecule has 3 aromatic rings. The number of methoxy groups -OCH3 is 1. The Bertz CT molecular complexity index is 1190. The molecule has 0 bridgehead atoms. The maximum Gasteiger partial charge on any atom is 0.242 e. The highest BCUT2D eigenvalue weighted by Crippen LogP contribution is 2.27. The third-order valence-electron chi connectivity index (χ3n) is 4.76. The van der Waals surface area contributed by atoms with E-state index in [-0.39, 0.29) is 16.3 Å². The van der Waals surface area contributed by atoms with Gasteiger partial charge in [-0.2, -0.15) is 4.72 Å². The number of carbonyl (C=O) groups is 1. The molecule has 7 nitrogen and oxygen atoms in total. The number of carbonyl (C=O) groups excluding carboxylic acids is 1. The Morgan fingerprint density at radius 2 is 1.73 bits per heavy atom. The van der Waals surface area contributed by atoms with E-state index in [4.69, 9.17) is 21.1 Å². The molecular formula is C24H25ClN2O5S. The van der Waals surface area contributed by atoms with Crippen LogP contribution in [0, 0.1) is 0 Å². The van der Waals surface area contributed by atoms with E-state index in [2.05, 4.69) is 10.0 Å². The van der Waals surface area contributed by atoms with Crippen LogP contribution in [0.25, 0.3) is 0 Å². The molecule has 0 aromatic heterocycles. The van der Waals surface area contributed by atoms with Gasteiger partial charge in [0.15, 0.2) is 0 Å². The van der Waals surface area contributed by atoms with Crippen LogP contribution in [-0.4, -0.2) is 34.1 Å². The van der Waals surface area contributed by atoms with Crippen molar-refractivity contribution in [3.8, 4) is 11.5 Å². The minimum absolute atomic E-state index is 0.0692. The van der Waals surface area contributed by atoms with E-state index >= 15 is 0 Å². The van der Waals surface area contributed by atoms with Crippen molar-refractivity contribution in [2.24, 2.45) is 0 Å². The fourth-order valence-electron chi connectivity index (χ4n) is 3.14.